The number of methoxy groups -OCH3 is 1. The van der Waals surface area contributed by atoms with Gasteiger partial charge in [0.2, 0.25) is 0 Å². The van der Waals surface area contributed by atoms with Crippen molar-refractivity contribution in [3.05, 3.63) is 35.4 Å². The number of benzene rings is 1. The molecule has 0 spiro atoms. The van der Waals surface area contributed by atoms with Crippen LogP contribution in [0.4, 0.5) is 0 Å². The molecule has 1 aromatic rings. The normalized spacial score (nSPS) is 15.9. The third-order valence-electron chi connectivity index (χ3n) is 4.60. The van der Waals surface area contributed by atoms with Crippen molar-refractivity contribution in [2.24, 2.45) is 4.99 Å². The van der Waals surface area contributed by atoms with Crippen LogP contribution in [0.25, 0.3) is 0 Å². The minimum Gasteiger partial charge on any atom is -0.379 e. The summed E-state index contributed by atoms with van der Waals surface area (Å²) < 4.78 is 10.9. The molecule has 6 nitrogen and oxygen atoms in total. The second-order valence-corrected chi connectivity index (χ2v) is 7.17. The summed E-state index contributed by atoms with van der Waals surface area (Å²) in [7, 11) is 1.73. The zero-order chi connectivity index (χ0) is 18.8. The fourth-order valence-corrected chi connectivity index (χ4v) is 2.74. The molecule has 0 saturated carbocycles. The van der Waals surface area contributed by atoms with Crippen LogP contribution in [-0.2, 0) is 22.6 Å². The van der Waals surface area contributed by atoms with Gasteiger partial charge in [-0.2, -0.15) is 0 Å². The van der Waals surface area contributed by atoms with Gasteiger partial charge in [0.1, 0.15) is 0 Å². The smallest absolute Gasteiger partial charge is 0.191 e. The van der Waals surface area contributed by atoms with Gasteiger partial charge in [0.05, 0.1) is 25.4 Å². The van der Waals surface area contributed by atoms with Crippen LogP contribution in [0.5, 0.6) is 0 Å². The van der Waals surface area contributed by atoms with Crippen molar-refractivity contribution in [2.45, 2.75) is 39.5 Å². The summed E-state index contributed by atoms with van der Waals surface area (Å²) in [6.45, 7) is 13.0. The lowest BCUT2D eigenvalue weighted by atomic mass is 10.1. The summed E-state index contributed by atoms with van der Waals surface area (Å²) in [4.78, 5) is 7.21. The number of halogens is 1. The molecule has 0 atom stereocenters. The molecule has 0 radical (unpaired) electrons. The lowest BCUT2D eigenvalue weighted by Crippen LogP contribution is -2.45. The van der Waals surface area contributed by atoms with Crippen LogP contribution in [0.2, 0.25) is 0 Å². The maximum absolute atomic E-state index is 5.47. The Morgan fingerprint density at radius 3 is 2.48 bits per heavy atom. The number of nitrogens with zero attached hydrogens (tertiary/aromatic N) is 2. The number of guanidine groups is 1. The number of hydrogen-bond donors (Lipinski definition) is 2. The fourth-order valence-electron chi connectivity index (χ4n) is 2.74. The van der Waals surface area contributed by atoms with Crippen molar-refractivity contribution >= 4 is 29.9 Å². The van der Waals surface area contributed by atoms with E-state index >= 15 is 0 Å². The average Bonchev–Trinajstić information content (AvgIpc) is 2.66. The second kappa shape index (κ2) is 12.5. The minimum atomic E-state index is -0.232. The Morgan fingerprint density at radius 2 is 1.85 bits per heavy atom. The largest absolute Gasteiger partial charge is 0.379 e. The lowest BCUT2D eigenvalue weighted by molar-refractivity contribution is 0.0268. The predicted octanol–water partition coefficient (Wildman–Crippen LogP) is 2.62. The highest BCUT2D eigenvalue weighted by Gasteiger charge is 2.17. The molecule has 0 bridgehead atoms. The van der Waals surface area contributed by atoms with Crippen LogP contribution in [0, 0.1) is 0 Å². The number of hydrogen-bond acceptors (Lipinski definition) is 4. The zero-order valence-corrected chi connectivity index (χ0v) is 19.4. The molecule has 2 rings (SSSR count). The maximum atomic E-state index is 5.47. The second-order valence-electron chi connectivity index (χ2n) is 7.17. The molecule has 27 heavy (non-hydrogen) atoms. The zero-order valence-electron chi connectivity index (χ0n) is 17.1. The Hall–Kier alpha value is -0.900. The van der Waals surface area contributed by atoms with E-state index in [4.69, 9.17) is 14.5 Å². The molecule has 0 unspecified atom stereocenters. The van der Waals surface area contributed by atoms with Gasteiger partial charge in [-0.05, 0) is 31.9 Å². The standard InChI is InChI=1S/C20H34N4O2.HI/c1-5-21-19(23-16-20(2,3)25-4)22-14-17-8-6-7-9-18(17)15-24-10-12-26-13-11-24;/h6-9H,5,10-16H2,1-4H3,(H2,21,22,23);1H. The monoisotopic (exact) mass is 490 g/mol. The van der Waals surface area contributed by atoms with E-state index in [2.05, 4.69) is 60.6 Å². The van der Waals surface area contributed by atoms with Crippen molar-refractivity contribution in [3.63, 3.8) is 0 Å². The van der Waals surface area contributed by atoms with Gasteiger partial charge in [-0.1, -0.05) is 24.3 Å². The Labute approximate surface area is 181 Å². The average molecular weight is 490 g/mol. The number of ether oxygens (including phenoxy) is 2. The quantitative estimate of drug-likeness (QED) is 0.334. The third-order valence-corrected chi connectivity index (χ3v) is 4.60. The van der Waals surface area contributed by atoms with Crippen molar-refractivity contribution < 1.29 is 9.47 Å². The topological polar surface area (TPSA) is 58.1 Å². The van der Waals surface area contributed by atoms with Gasteiger partial charge >= 0.3 is 0 Å². The highest BCUT2D eigenvalue weighted by Crippen LogP contribution is 2.14. The predicted molar refractivity (Wildman–Crippen MR) is 122 cm³/mol. The molecule has 2 N–H and O–H groups in total. The van der Waals surface area contributed by atoms with Gasteiger partial charge in [-0.3, -0.25) is 4.90 Å². The molecule has 0 aliphatic carbocycles. The van der Waals surface area contributed by atoms with Crippen molar-refractivity contribution in [2.75, 3.05) is 46.5 Å². The molecule has 1 aliphatic heterocycles. The van der Waals surface area contributed by atoms with Crippen LogP contribution < -0.4 is 10.6 Å². The summed E-state index contributed by atoms with van der Waals surface area (Å²) >= 11 is 0. The lowest BCUT2D eigenvalue weighted by Gasteiger charge is -2.27. The number of morpholine rings is 1. The summed E-state index contributed by atoms with van der Waals surface area (Å²) in [6, 6.07) is 8.56. The van der Waals surface area contributed by atoms with E-state index in [1.165, 1.54) is 11.1 Å². The summed E-state index contributed by atoms with van der Waals surface area (Å²) in [5.41, 5.74) is 2.37. The highest BCUT2D eigenvalue weighted by atomic mass is 127. The molecule has 1 saturated heterocycles. The van der Waals surface area contributed by atoms with Crippen LogP contribution in [0.3, 0.4) is 0 Å². The molecule has 0 amide bonds. The SMILES string of the molecule is CCNC(=NCc1ccccc1CN1CCOCC1)NCC(C)(C)OC.I. The third kappa shape index (κ3) is 8.76. The van der Waals surface area contributed by atoms with Gasteiger partial charge in [-0.25, -0.2) is 4.99 Å². The first-order valence-electron chi connectivity index (χ1n) is 9.48. The van der Waals surface area contributed by atoms with Crippen LogP contribution in [0.1, 0.15) is 31.9 Å². The van der Waals surface area contributed by atoms with Gasteiger partial charge in [-0.15, -0.1) is 24.0 Å². The Morgan fingerprint density at radius 1 is 1.19 bits per heavy atom. The van der Waals surface area contributed by atoms with Crippen LogP contribution >= 0.6 is 24.0 Å². The molecule has 1 aliphatic rings. The number of rotatable bonds is 8. The Kier molecular flexibility index (Phi) is 11.2. The fraction of sp³-hybridized carbons (Fsp3) is 0.650. The molecule has 1 heterocycles. The van der Waals surface area contributed by atoms with E-state index in [-0.39, 0.29) is 29.6 Å². The number of nitrogens with one attached hydrogen (secondary N) is 2. The molecule has 7 heteroatoms. The van der Waals surface area contributed by atoms with E-state index in [1.54, 1.807) is 7.11 Å². The van der Waals surface area contributed by atoms with Crippen molar-refractivity contribution in [3.8, 4) is 0 Å². The number of aliphatic imine (C=N–C) groups is 1. The van der Waals surface area contributed by atoms with E-state index in [0.29, 0.717) is 13.1 Å². The molecular weight excluding hydrogens is 455 g/mol. The highest BCUT2D eigenvalue weighted by molar-refractivity contribution is 14.0. The molecule has 1 aromatic carbocycles. The Bertz CT molecular complexity index is 575. The van der Waals surface area contributed by atoms with Crippen LogP contribution in [0.15, 0.2) is 29.3 Å². The van der Waals surface area contributed by atoms with Crippen LogP contribution in [-0.4, -0.2) is 63.0 Å². The van der Waals surface area contributed by atoms with E-state index in [0.717, 1.165) is 45.4 Å². The molecular formula is C20H35IN4O2. The van der Waals surface area contributed by atoms with Crippen molar-refractivity contribution in [1.82, 2.24) is 15.5 Å². The van der Waals surface area contributed by atoms with E-state index < -0.39 is 0 Å². The Balaban J connectivity index is 0.00000364. The van der Waals surface area contributed by atoms with Gasteiger partial charge in [0.25, 0.3) is 0 Å². The van der Waals surface area contributed by atoms with E-state index in [1.807, 2.05) is 0 Å². The maximum Gasteiger partial charge on any atom is 0.191 e. The first-order chi connectivity index (χ1) is 12.5. The van der Waals surface area contributed by atoms with Gasteiger partial charge in [0, 0.05) is 39.8 Å². The van der Waals surface area contributed by atoms with Gasteiger partial charge in [0.15, 0.2) is 5.96 Å². The van der Waals surface area contributed by atoms with Crippen molar-refractivity contribution in [1.29, 1.82) is 0 Å². The molecule has 0 aromatic heterocycles. The summed E-state index contributed by atoms with van der Waals surface area (Å²) in [5.74, 6) is 0.818. The summed E-state index contributed by atoms with van der Waals surface area (Å²) in [5, 5.41) is 6.68. The first kappa shape index (κ1) is 24.1. The summed E-state index contributed by atoms with van der Waals surface area (Å²) in [6.07, 6.45) is 0. The molecule has 154 valence electrons. The minimum absolute atomic E-state index is 0. The molecule has 1 fully saturated rings. The van der Waals surface area contributed by atoms with E-state index in [9.17, 15) is 0 Å². The van der Waals surface area contributed by atoms with Gasteiger partial charge < -0.3 is 20.1 Å². The first-order valence-corrected chi connectivity index (χ1v) is 9.48.